The molecule has 4 rings (SSSR count). The van der Waals surface area contributed by atoms with Crippen molar-refractivity contribution in [3.05, 3.63) is 126 Å². The van der Waals surface area contributed by atoms with E-state index in [4.69, 9.17) is 4.74 Å². The standard InChI is InChI=1S/C29H24FNO4/c30-26-9-5-4-8-24(26)19-35-25-16-14-22(15-17-25)21-10-12-23(13-11-21)28(32)31-27(29(33)34)18-20-6-2-1-3-7-20/h1-17,27H,18-19H2,(H,31,32)(H,33,34). The first-order chi connectivity index (χ1) is 17.0. The molecular formula is C29H24FNO4. The van der Waals surface area contributed by atoms with Gasteiger partial charge in [-0.25, -0.2) is 9.18 Å². The summed E-state index contributed by atoms with van der Waals surface area (Å²) >= 11 is 0. The van der Waals surface area contributed by atoms with E-state index in [-0.39, 0.29) is 18.8 Å². The van der Waals surface area contributed by atoms with Crippen molar-refractivity contribution in [2.75, 3.05) is 0 Å². The SMILES string of the molecule is O=C(NC(Cc1ccccc1)C(=O)O)c1ccc(-c2ccc(OCc3ccccc3F)cc2)cc1. The van der Waals surface area contributed by atoms with Crippen LogP contribution in [-0.2, 0) is 17.8 Å². The number of hydrogen-bond acceptors (Lipinski definition) is 3. The monoisotopic (exact) mass is 469 g/mol. The van der Waals surface area contributed by atoms with E-state index in [1.807, 2.05) is 42.5 Å². The molecule has 0 aliphatic rings. The summed E-state index contributed by atoms with van der Waals surface area (Å²) < 4.78 is 19.4. The Hall–Kier alpha value is -4.45. The van der Waals surface area contributed by atoms with Crippen molar-refractivity contribution in [3.8, 4) is 16.9 Å². The molecule has 1 atom stereocenters. The molecule has 176 valence electrons. The van der Waals surface area contributed by atoms with Crippen LogP contribution < -0.4 is 10.1 Å². The Morgan fingerprint density at radius 1 is 0.800 bits per heavy atom. The van der Waals surface area contributed by atoms with E-state index in [2.05, 4.69) is 5.32 Å². The molecule has 0 heterocycles. The molecule has 0 aromatic heterocycles. The van der Waals surface area contributed by atoms with Gasteiger partial charge in [-0.2, -0.15) is 0 Å². The first-order valence-corrected chi connectivity index (χ1v) is 11.1. The van der Waals surface area contributed by atoms with Gasteiger partial charge in [0, 0.05) is 17.5 Å². The van der Waals surface area contributed by atoms with E-state index in [9.17, 15) is 19.1 Å². The third kappa shape index (κ3) is 6.32. The molecule has 1 unspecified atom stereocenters. The second-order valence-electron chi connectivity index (χ2n) is 8.04. The van der Waals surface area contributed by atoms with Crippen molar-refractivity contribution in [2.24, 2.45) is 0 Å². The quantitative estimate of drug-likeness (QED) is 0.340. The Morgan fingerprint density at radius 2 is 1.40 bits per heavy atom. The molecule has 2 N–H and O–H groups in total. The summed E-state index contributed by atoms with van der Waals surface area (Å²) in [4.78, 5) is 24.3. The number of carboxylic acids is 1. The molecule has 35 heavy (non-hydrogen) atoms. The molecule has 0 saturated carbocycles. The van der Waals surface area contributed by atoms with E-state index >= 15 is 0 Å². The fourth-order valence-electron chi connectivity index (χ4n) is 3.63. The number of hydrogen-bond donors (Lipinski definition) is 2. The number of carbonyl (C=O) groups is 2. The number of nitrogens with one attached hydrogen (secondary N) is 1. The summed E-state index contributed by atoms with van der Waals surface area (Å²) in [6, 6.07) is 28.9. The van der Waals surface area contributed by atoms with Crippen molar-refractivity contribution in [3.63, 3.8) is 0 Å². The topological polar surface area (TPSA) is 75.6 Å². The van der Waals surface area contributed by atoms with Crippen LogP contribution in [0.4, 0.5) is 4.39 Å². The van der Waals surface area contributed by atoms with Crippen LogP contribution in [0.5, 0.6) is 5.75 Å². The highest BCUT2D eigenvalue weighted by molar-refractivity contribution is 5.97. The minimum absolute atomic E-state index is 0.136. The van der Waals surface area contributed by atoms with E-state index in [0.29, 0.717) is 16.9 Å². The summed E-state index contributed by atoms with van der Waals surface area (Å²) in [6.07, 6.45) is 0.200. The lowest BCUT2D eigenvalue weighted by molar-refractivity contribution is -0.139. The van der Waals surface area contributed by atoms with Crippen LogP contribution in [0.15, 0.2) is 103 Å². The molecule has 0 saturated heterocycles. The number of aliphatic carboxylic acids is 1. The minimum atomic E-state index is -1.09. The average molecular weight is 470 g/mol. The Kier molecular flexibility index (Phi) is 7.53. The van der Waals surface area contributed by atoms with Gasteiger partial charge in [-0.15, -0.1) is 0 Å². The molecule has 4 aromatic carbocycles. The summed E-state index contributed by atoms with van der Waals surface area (Å²) in [5.74, 6) is -1.22. The summed E-state index contributed by atoms with van der Waals surface area (Å²) in [7, 11) is 0. The Balaban J connectivity index is 1.37. The fraction of sp³-hybridized carbons (Fsp3) is 0.103. The number of carbonyl (C=O) groups excluding carboxylic acids is 1. The highest BCUT2D eigenvalue weighted by Gasteiger charge is 2.21. The maximum atomic E-state index is 13.7. The van der Waals surface area contributed by atoms with Gasteiger partial charge in [0.25, 0.3) is 5.91 Å². The summed E-state index contributed by atoms with van der Waals surface area (Å²) in [5, 5.41) is 12.1. The number of carboxylic acid groups (broad SMARTS) is 1. The largest absolute Gasteiger partial charge is 0.489 e. The van der Waals surface area contributed by atoms with Gasteiger partial charge in [-0.3, -0.25) is 4.79 Å². The second-order valence-corrected chi connectivity index (χ2v) is 8.04. The van der Waals surface area contributed by atoms with Gasteiger partial charge in [0.15, 0.2) is 0 Å². The number of amides is 1. The number of halogens is 1. The average Bonchev–Trinajstić information content (AvgIpc) is 2.89. The predicted octanol–water partition coefficient (Wildman–Crippen LogP) is 5.50. The number of ether oxygens (including phenoxy) is 1. The highest BCUT2D eigenvalue weighted by Crippen LogP contribution is 2.24. The van der Waals surface area contributed by atoms with Gasteiger partial charge in [-0.1, -0.05) is 72.8 Å². The van der Waals surface area contributed by atoms with Gasteiger partial charge in [-0.05, 0) is 47.0 Å². The van der Waals surface area contributed by atoms with Crippen LogP contribution in [0.3, 0.4) is 0 Å². The Morgan fingerprint density at radius 3 is 2.03 bits per heavy atom. The van der Waals surface area contributed by atoms with E-state index in [1.165, 1.54) is 6.07 Å². The third-order valence-corrected chi connectivity index (χ3v) is 5.57. The normalized spacial score (nSPS) is 11.5. The molecule has 0 radical (unpaired) electrons. The first kappa shape index (κ1) is 23.7. The lowest BCUT2D eigenvalue weighted by atomic mass is 10.0. The van der Waals surface area contributed by atoms with Crippen molar-refractivity contribution in [1.29, 1.82) is 0 Å². The maximum Gasteiger partial charge on any atom is 0.326 e. The zero-order valence-corrected chi connectivity index (χ0v) is 18.9. The zero-order valence-electron chi connectivity index (χ0n) is 18.9. The van der Waals surface area contributed by atoms with Crippen LogP contribution in [-0.4, -0.2) is 23.0 Å². The predicted molar refractivity (Wildman–Crippen MR) is 132 cm³/mol. The van der Waals surface area contributed by atoms with Crippen molar-refractivity contribution < 1.29 is 23.8 Å². The van der Waals surface area contributed by atoms with Crippen LogP contribution in [0.25, 0.3) is 11.1 Å². The zero-order chi connectivity index (χ0) is 24.6. The molecule has 4 aromatic rings. The van der Waals surface area contributed by atoms with Crippen LogP contribution in [0.2, 0.25) is 0 Å². The molecule has 0 bridgehead atoms. The van der Waals surface area contributed by atoms with Gasteiger partial charge < -0.3 is 15.2 Å². The first-order valence-electron chi connectivity index (χ1n) is 11.1. The molecule has 0 fully saturated rings. The molecule has 1 amide bonds. The second kappa shape index (κ2) is 11.1. The molecule has 6 heteroatoms. The van der Waals surface area contributed by atoms with Crippen molar-refractivity contribution in [1.82, 2.24) is 5.32 Å². The number of rotatable bonds is 9. The smallest absolute Gasteiger partial charge is 0.326 e. The van der Waals surface area contributed by atoms with Crippen LogP contribution in [0, 0.1) is 5.82 Å². The van der Waals surface area contributed by atoms with Gasteiger partial charge >= 0.3 is 5.97 Å². The molecule has 0 aliphatic heterocycles. The van der Waals surface area contributed by atoms with Crippen molar-refractivity contribution in [2.45, 2.75) is 19.1 Å². The van der Waals surface area contributed by atoms with Gasteiger partial charge in [0.05, 0.1) is 0 Å². The molecular weight excluding hydrogens is 445 g/mol. The maximum absolute atomic E-state index is 13.7. The molecule has 0 aliphatic carbocycles. The van der Waals surface area contributed by atoms with Gasteiger partial charge in [0.1, 0.15) is 24.2 Å². The summed E-state index contributed by atoms with van der Waals surface area (Å²) in [6.45, 7) is 0.136. The number of benzene rings is 4. The van der Waals surface area contributed by atoms with E-state index in [0.717, 1.165) is 16.7 Å². The minimum Gasteiger partial charge on any atom is -0.489 e. The van der Waals surface area contributed by atoms with E-state index < -0.39 is 17.9 Å². The van der Waals surface area contributed by atoms with Crippen LogP contribution >= 0.6 is 0 Å². The Labute approximate surface area is 202 Å². The molecule has 0 spiro atoms. The Bertz CT molecular complexity index is 1290. The lowest BCUT2D eigenvalue weighted by Crippen LogP contribution is -2.42. The lowest BCUT2D eigenvalue weighted by Gasteiger charge is -2.15. The summed E-state index contributed by atoms with van der Waals surface area (Å²) in [5.41, 5.74) is 3.50. The van der Waals surface area contributed by atoms with Crippen LogP contribution in [0.1, 0.15) is 21.5 Å². The van der Waals surface area contributed by atoms with Gasteiger partial charge in [0.2, 0.25) is 0 Å². The fourth-order valence-corrected chi connectivity index (χ4v) is 3.63. The third-order valence-electron chi connectivity index (χ3n) is 5.57. The molecule has 5 nitrogen and oxygen atoms in total. The van der Waals surface area contributed by atoms with E-state index in [1.54, 1.807) is 54.6 Å². The van der Waals surface area contributed by atoms with Crippen molar-refractivity contribution >= 4 is 11.9 Å². The highest BCUT2D eigenvalue weighted by atomic mass is 19.1.